The predicted molar refractivity (Wildman–Crippen MR) is 120 cm³/mol. The summed E-state index contributed by atoms with van der Waals surface area (Å²) in [5, 5.41) is 0. The normalized spacial score (nSPS) is 27.4. The molecule has 1 aromatic rings. The molecular weight excluding hydrogens is 428 g/mol. The highest BCUT2D eigenvalue weighted by Crippen LogP contribution is 2.37. The molecule has 0 bridgehead atoms. The number of ether oxygens (including phenoxy) is 2. The standard InChI is InChI=1S/C24H34N2O5S/c27-24(25-11-8-18-4-1-2-5-20(18)17-25)19-9-12-26(13-10-19)32(28,29)21-6-7-22-23(16-21)31-15-3-14-30-22/h6-7,16,18-20H,1-5,8-15,17H2/t18-,20+/m1/s1. The molecule has 1 aromatic carbocycles. The minimum Gasteiger partial charge on any atom is -0.490 e. The Kier molecular flexibility index (Phi) is 6.34. The summed E-state index contributed by atoms with van der Waals surface area (Å²) >= 11 is 0. The molecule has 3 fully saturated rings. The van der Waals surface area contributed by atoms with E-state index < -0.39 is 10.0 Å². The van der Waals surface area contributed by atoms with Crippen LogP contribution in [0.15, 0.2) is 23.1 Å². The molecule has 176 valence electrons. The lowest BCUT2D eigenvalue weighted by atomic mass is 9.75. The number of sulfonamides is 1. The number of fused-ring (bicyclic) bond motifs is 2. The van der Waals surface area contributed by atoms with Crippen molar-refractivity contribution >= 4 is 15.9 Å². The SMILES string of the molecule is O=C(C1CCN(S(=O)(=O)c2ccc3c(c2)OCCCO3)CC1)N1CC[C@H]2CCCC[C@H]2C1. The molecule has 2 saturated heterocycles. The third kappa shape index (κ3) is 4.36. The van der Waals surface area contributed by atoms with Gasteiger partial charge in [0.2, 0.25) is 15.9 Å². The van der Waals surface area contributed by atoms with Crippen LogP contribution in [0.5, 0.6) is 11.5 Å². The highest BCUT2D eigenvalue weighted by molar-refractivity contribution is 7.89. The van der Waals surface area contributed by atoms with Crippen molar-refractivity contribution in [2.75, 3.05) is 39.4 Å². The van der Waals surface area contributed by atoms with Gasteiger partial charge in [0.25, 0.3) is 0 Å². The molecule has 8 heteroatoms. The van der Waals surface area contributed by atoms with Crippen molar-refractivity contribution in [3.05, 3.63) is 18.2 Å². The molecule has 0 unspecified atom stereocenters. The summed E-state index contributed by atoms with van der Waals surface area (Å²) in [5.41, 5.74) is 0. The van der Waals surface area contributed by atoms with Crippen molar-refractivity contribution < 1.29 is 22.7 Å². The predicted octanol–water partition coefficient (Wildman–Crippen LogP) is 3.29. The van der Waals surface area contributed by atoms with Gasteiger partial charge in [0.15, 0.2) is 11.5 Å². The zero-order valence-corrected chi connectivity index (χ0v) is 19.5. The molecule has 5 rings (SSSR count). The fourth-order valence-electron chi connectivity index (χ4n) is 5.86. The molecule has 4 aliphatic rings. The van der Waals surface area contributed by atoms with Crippen molar-refractivity contribution in [1.29, 1.82) is 0 Å². The molecule has 32 heavy (non-hydrogen) atoms. The largest absolute Gasteiger partial charge is 0.490 e. The van der Waals surface area contributed by atoms with Gasteiger partial charge in [-0.15, -0.1) is 0 Å². The number of likely N-dealkylation sites (tertiary alicyclic amines) is 1. The Balaban J connectivity index is 1.20. The fraction of sp³-hybridized carbons (Fsp3) is 0.708. The maximum Gasteiger partial charge on any atom is 0.243 e. The van der Waals surface area contributed by atoms with Crippen LogP contribution >= 0.6 is 0 Å². The summed E-state index contributed by atoms with van der Waals surface area (Å²) in [4.78, 5) is 15.5. The second-order valence-electron chi connectivity index (χ2n) is 9.71. The van der Waals surface area contributed by atoms with Gasteiger partial charge >= 0.3 is 0 Å². The third-order valence-electron chi connectivity index (χ3n) is 7.76. The second kappa shape index (κ2) is 9.21. The fourth-order valence-corrected chi connectivity index (χ4v) is 7.34. The maximum absolute atomic E-state index is 13.2. The smallest absolute Gasteiger partial charge is 0.243 e. The Labute approximate surface area is 191 Å². The highest BCUT2D eigenvalue weighted by Gasteiger charge is 2.38. The summed E-state index contributed by atoms with van der Waals surface area (Å²) in [7, 11) is -3.62. The average Bonchev–Trinajstić information content (AvgIpc) is 3.08. The number of piperidine rings is 2. The Bertz CT molecular complexity index is 942. The van der Waals surface area contributed by atoms with Crippen LogP contribution in [0.3, 0.4) is 0 Å². The highest BCUT2D eigenvalue weighted by atomic mass is 32.2. The third-order valence-corrected chi connectivity index (χ3v) is 9.66. The maximum atomic E-state index is 13.2. The molecule has 0 spiro atoms. The van der Waals surface area contributed by atoms with Crippen molar-refractivity contribution in [2.45, 2.75) is 56.3 Å². The lowest BCUT2D eigenvalue weighted by molar-refractivity contribution is -0.139. The van der Waals surface area contributed by atoms with E-state index in [1.165, 1.54) is 30.0 Å². The zero-order valence-electron chi connectivity index (χ0n) is 18.7. The van der Waals surface area contributed by atoms with E-state index in [1.54, 1.807) is 18.2 Å². The zero-order chi connectivity index (χ0) is 22.1. The Morgan fingerprint density at radius 3 is 2.34 bits per heavy atom. The molecule has 3 heterocycles. The summed E-state index contributed by atoms with van der Waals surface area (Å²) in [6.07, 6.45) is 8.29. The van der Waals surface area contributed by atoms with Crippen LogP contribution in [-0.4, -0.2) is 62.9 Å². The van der Waals surface area contributed by atoms with E-state index in [2.05, 4.69) is 4.90 Å². The number of rotatable bonds is 3. The van der Waals surface area contributed by atoms with Crippen molar-refractivity contribution in [3.8, 4) is 11.5 Å². The first-order valence-corrected chi connectivity index (χ1v) is 13.6. The Hall–Kier alpha value is -1.80. The summed E-state index contributed by atoms with van der Waals surface area (Å²) < 4.78 is 39.3. The molecule has 0 radical (unpaired) electrons. The van der Waals surface area contributed by atoms with E-state index in [4.69, 9.17) is 9.47 Å². The van der Waals surface area contributed by atoms with Crippen LogP contribution in [0, 0.1) is 17.8 Å². The van der Waals surface area contributed by atoms with Crippen LogP contribution in [0.25, 0.3) is 0 Å². The lowest BCUT2D eigenvalue weighted by Gasteiger charge is -2.43. The molecule has 3 aliphatic heterocycles. The summed E-state index contributed by atoms with van der Waals surface area (Å²) in [6.45, 7) is 3.62. The van der Waals surface area contributed by atoms with Crippen LogP contribution < -0.4 is 9.47 Å². The van der Waals surface area contributed by atoms with Crippen molar-refractivity contribution in [3.63, 3.8) is 0 Å². The van der Waals surface area contributed by atoms with Gasteiger partial charge in [-0.3, -0.25) is 4.79 Å². The molecule has 1 aliphatic carbocycles. The van der Waals surface area contributed by atoms with E-state index >= 15 is 0 Å². The van der Waals surface area contributed by atoms with E-state index in [9.17, 15) is 13.2 Å². The van der Waals surface area contributed by atoms with Crippen molar-refractivity contribution in [1.82, 2.24) is 9.21 Å². The van der Waals surface area contributed by atoms with Crippen molar-refractivity contribution in [2.24, 2.45) is 17.8 Å². The van der Waals surface area contributed by atoms with Crippen LogP contribution in [0.4, 0.5) is 0 Å². The first-order valence-electron chi connectivity index (χ1n) is 12.2. The molecule has 1 saturated carbocycles. The first-order chi connectivity index (χ1) is 15.5. The van der Waals surface area contributed by atoms with Crippen LogP contribution in [0.2, 0.25) is 0 Å². The Morgan fingerprint density at radius 2 is 1.56 bits per heavy atom. The first kappa shape index (κ1) is 22.0. The molecular formula is C24H34N2O5S. The van der Waals surface area contributed by atoms with Gasteiger partial charge in [0.05, 0.1) is 18.1 Å². The van der Waals surface area contributed by atoms with Crippen LogP contribution in [-0.2, 0) is 14.8 Å². The number of hydrogen-bond donors (Lipinski definition) is 0. The molecule has 7 nitrogen and oxygen atoms in total. The molecule has 2 atom stereocenters. The van der Waals surface area contributed by atoms with E-state index in [0.717, 1.165) is 31.8 Å². The van der Waals surface area contributed by atoms with E-state index in [1.807, 2.05) is 0 Å². The van der Waals surface area contributed by atoms with Gasteiger partial charge < -0.3 is 14.4 Å². The van der Waals surface area contributed by atoms with Crippen LogP contribution in [0.1, 0.15) is 51.4 Å². The monoisotopic (exact) mass is 462 g/mol. The quantitative estimate of drug-likeness (QED) is 0.689. The van der Waals surface area contributed by atoms with E-state index in [0.29, 0.717) is 56.6 Å². The number of nitrogens with zero attached hydrogens (tertiary/aromatic N) is 2. The minimum absolute atomic E-state index is 0.0645. The molecule has 0 N–H and O–H groups in total. The van der Waals surface area contributed by atoms with Gasteiger partial charge in [-0.05, 0) is 49.7 Å². The number of carbonyl (C=O) groups is 1. The van der Waals surface area contributed by atoms with Gasteiger partial charge in [-0.25, -0.2) is 8.42 Å². The van der Waals surface area contributed by atoms with Gasteiger partial charge in [0, 0.05) is 44.6 Å². The Morgan fingerprint density at radius 1 is 0.844 bits per heavy atom. The number of benzene rings is 1. The molecule has 0 aromatic heterocycles. The number of carbonyl (C=O) groups excluding carboxylic acids is 1. The van der Waals surface area contributed by atoms with E-state index in [-0.39, 0.29) is 16.7 Å². The summed E-state index contributed by atoms with van der Waals surface area (Å²) in [6, 6.07) is 4.84. The topological polar surface area (TPSA) is 76.2 Å². The lowest BCUT2D eigenvalue weighted by Crippen LogP contribution is -2.49. The van der Waals surface area contributed by atoms with Gasteiger partial charge in [0.1, 0.15) is 0 Å². The molecule has 1 amide bonds. The number of hydrogen-bond acceptors (Lipinski definition) is 5. The summed E-state index contributed by atoms with van der Waals surface area (Å²) in [5.74, 6) is 2.72. The second-order valence-corrected chi connectivity index (χ2v) is 11.7. The number of amides is 1. The average molecular weight is 463 g/mol. The van der Waals surface area contributed by atoms with Gasteiger partial charge in [-0.2, -0.15) is 4.31 Å². The van der Waals surface area contributed by atoms with Gasteiger partial charge in [-0.1, -0.05) is 19.3 Å². The minimum atomic E-state index is -3.62.